The summed E-state index contributed by atoms with van der Waals surface area (Å²) >= 11 is 0. The molecule has 2 atom stereocenters. The summed E-state index contributed by atoms with van der Waals surface area (Å²) < 4.78 is 11.9. The lowest BCUT2D eigenvalue weighted by Crippen LogP contribution is -2.39. The van der Waals surface area contributed by atoms with Crippen LogP contribution in [-0.4, -0.2) is 44.3 Å². The molecule has 0 unspecified atom stereocenters. The summed E-state index contributed by atoms with van der Waals surface area (Å²) in [5.74, 6) is 0.976. The SMILES string of the molecule is COc1ccc(C)c2c1C[C@@H](CN1CCCC1)O[C@H]2CN. The Morgan fingerprint density at radius 2 is 2.10 bits per heavy atom. The van der Waals surface area contributed by atoms with Crippen LogP contribution in [0.1, 0.15) is 35.6 Å². The van der Waals surface area contributed by atoms with Crippen molar-refractivity contribution in [2.45, 2.75) is 38.4 Å². The molecule has 4 heteroatoms. The molecule has 1 aromatic rings. The number of fused-ring (bicyclic) bond motifs is 1. The van der Waals surface area contributed by atoms with E-state index >= 15 is 0 Å². The molecular formula is C17H26N2O2. The van der Waals surface area contributed by atoms with E-state index in [9.17, 15) is 0 Å². The molecule has 0 spiro atoms. The van der Waals surface area contributed by atoms with Gasteiger partial charge in [0, 0.05) is 25.1 Å². The third kappa shape index (κ3) is 2.93. The second-order valence-electron chi connectivity index (χ2n) is 6.17. The van der Waals surface area contributed by atoms with E-state index in [2.05, 4.69) is 24.0 Å². The third-order valence-electron chi connectivity index (χ3n) is 4.74. The van der Waals surface area contributed by atoms with E-state index in [4.69, 9.17) is 15.2 Å². The van der Waals surface area contributed by atoms with Crippen LogP contribution in [0.4, 0.5) is 0 Å². The maximum Gasteiger partial charge on any atom is 0.122 e. The zero-order valence-electron chi connectivity index (χ0n) is 13.1. The van der Waals surface area contributed by atoms with E-state index in [1.165, 1.54) is 42.6 Å². The van der Waals surface area contributed by atoms with Gasteiger partial charge in [0.05, 0.1) is 19.3 Å². The highest BCUT2D eigenvalue weighted by Crippen LogP contribution is 2.37. The van der Waals surface area contributed by atoms with Gasteiger partial charge in [-0.15, -0.1) is 0 Å². The minimum absolute atomic E-state index is 0.00328. The first-order valence-corrected chi connectivity index (χ1v) is 7.97. The van der Waals surface area contributed by atoms with Crippen LogP contribution in [0.5, 0.6) is 5.75 Å². The Hall–Kier alpha value is -1.10. The monoisotopic (exact) mass is 290 g/mol. The topological polar surface area (TPSA) is 47.7 Å². The minimum atomic E-state index is -0.00328. The highest BCUT2D eigenvalue weighted by molar-refractivity contribution is 5.47. The average molecular weight is 290 g/mol. The standard InChI is InChI=1S/C17H26N2O2/c1-12-5-6-15(20-2)14-9-13(11-19-7-3-4-8-19)21-16(10-18)17(12)14/h5-6,13,16H,3-4,7-11,18H2,1-2H3/t13-,16-/m0/s1. The average Bonchev–Trinajstić information content (AvgIpc) is 2.99. The van der Waals surface area contributed by atoms with Crippen LogP contribution < -0.4 is 10.5 Å². The molecule has 0 saturated carbocycles. The van der Waals surface area contributed by atoms with E-state index in [1.54, 1.807) is 7.11 Å². The number of nitrogens with zero attached hydrogens (tertiary/aromatic N) is 1. The number of methoxy groups -OCH3 is 1. The van der Waals surface area contributed by atoms with Gasteiger partial charge in [-0.1, -0.05) is 6.07 Å². The molecule has 0 aromatic heterocycles. The summed E-state index contributed by atoms with van der Waals surface area (Å²) in [6, 6.07) is 4.17. The molecule has 3 rings (SSSR count). The molecule has 1 fully saturated rings. The van der Waals surface area contributed by atoms with E-state index in [0.717, 1.165) is 18.7 Å². The molecule has 2 aliphatic heterocycles. The van der Waals surface area contributed by atoms with Crippen LogP contribution in [-0.2, 0) is 11.2 Å². The van der Waals surface area contributed by atoms with Gasteiger partial charge in [-0.05, 0) is 50.0 Å². The van der Waals surface area contributed by atoms with E-state index < -0.39 is 0 Å². The van der Waals surface area contributed by atoms with Crippen LogP contribution in [0.15, 0.2) is 12.1 Å². The highest BCUT2D eigenvalue weighted by atomic mass is 16.5. The Kier molecular flexibility index (Phi) is 4.48. The molecule has 21 heavy (non-hydrogen) atoms. The predicted octanol–water partition coefficient (Wildman–Crippen LogP) is 2.04. The van der Waals surface area contributed by atoms with Gasteiger partial charge in [0.2, 0.25) is 0 Å². The number of ether oxygens (including phenoxy) is 2. The Morgan fingerprint density at radius 1 is 1.33 bits per heavy atom. The zero-order chi connectivity index (χ0) is 14.8. The van der Waals surface area contributed by atoms with Crippen molar-refractivity contribution in [1.29, 1.82) is 0 Å². The summed E-state index contributed by atoms with van der Waals surface area (Å²) in [6.07, 6.45) is 3.77. The zero-order valence-corrected chi connectivity index (χ0v) is 13.1. The molecular weight excluding hydrogens is 264 g/mol. The second kappa shape index (κ2) is 6.34. The van der Waals surface area contributed by atoms with Crippen molar-refractivity contribution >= 4 is 0 Å². The molecule has 0 bridgehead atoms. The predicted molar refractivity (Wildman–Crippen MR) is 83.8 cm³/mol. The van der Waals surface area contributed by atoms with Crippen molar-refractivity contribution < 1.29 is 9.47 Å². The molecule has 0 amide bonds. The molecule has 1 saturated heterocycles. The number of likely N-dealkylation sites (tertiary alicyclic amines) is 1. The summed E-state index contributed by atoms with van der Waals surface area (Å²) in [6.45, 7) is 6.06. The van der Waals surface area contributed by atoms with Gasteiger partial charge in [-0.2, -0.15) is 0 Å². The molecule has 1 aromatic carbocycles. The molecule has 2 aliphatic rings. The van der Waals surface area contributed by atoms with E-state index in [-0.39, 0.29) is 12.2 Å². The Bertz CT molecular complexity index is 498. The van der Waals surface area contributed by atoms with Crippen LogP contribution in [0.25, 0.3) is 0 Å². The maximum absolute atomic E-state index is 6.28. The van der Waals surface area contributed by atoms with Crippen molar-refractivity contribution in [3.63, 3.8) is 0 Å². The lowest BCUT2D eigenvalue weighted by molar-refractivity contribution is -0.0350. The highest BCUT2D eigenvalue weighted by Gasteiger charge is 2.31. The van der Waals surface area contributed by atoms with Gasteiger partial charge < -0.3 is 20.1 Å². The third-order valence-corrected chi connectivity index (χ3v) is 4.74. The molecule has 2 heterocycles. The first kappa shape index (κ1) is 14.8. The Morgan fingerprint density at radius 3 is 2.76 bits per heavy atom. The number of nitrogens with two attached hydrogens (primary N) is 1. The fraction of sp³-hybridized carbons (Fsp3) is 0.647. The van der Waals surface area contributed by atoms with Gasteiger partial charge in [0.1, 0.15) is 5.75 Å². The largest absolute Gasteiger partial charge is 0.496 e. The number of benzene rings is 1. The first-order valence-electron chi connectivity index (χ1n) is 7.97. The Labute approximate surface area is 127 Å². The fourth-order valence-corrected chi connectivity index (χ4v) is 3.72. The van der Waals surface area contributed by atoms with Crippen molar-refractivity contribution in [3.05, 3.63) is 28.8 Å². The number of hydrogen-bond acceptors (Lipinski definition) is 4. The summed E-state index contributed by atoms with van der Waals surface area (Å²) in [7, 11) is 1.74. The van der Waals surface area contributed by atoms with Gasteiger partial charge in [-0.25, -0.2) is 0 Å². The second-order valence-corrected chi connectivity index (χ2v) is 6.17. The van der Waals surface area contributed by atoms with Crippen LogP contribution >= 0.6 is 0 Å². The van der Waals surface area contributed by atoms with Gasteiger partial charge in [0.15, 0.2) is 0 Å². The van der Waals surface area contributed by atoms with Crippen molar-refractivity contribution in [2.75, 3.05) is 33.3 Å². The molecule has 116 valence electrons. The molecule has 0 aliphatic carbocycles. The van der Waals surface area contributed by atoms with Crippen molar-refractivity contribution in [1.82, 2.24) is 4.90 Å². The summed E-state index contributed by atoms with van der Waals surface area (Å²) in [5.41, 5.74) is 9.76. The quantitative estimate of drug-likeness (QED) is 0.922. The van der Waals surface area contributed by atoms with E-state index in [1.807, 2.05) is 0 Å². The Balaban J connectivity index is 1.86. The van der Waals surface area contributed by atoms with Crippen molar-refractivity contribution in [3.8, 4) is 5.75 Å². The lowest BCUT2D eigenvalue weighted by atomic mass is 9.89. The van der Waals surface area contributed by atoms with Gasteiger partial charge in [-0.3, -0.25) is 0 Å². The van der Waals surface area contributed by atoms with Crippen molar-refractivity contribution in [2.24, 2.45) is 5.73 Å². The van der Waals surface area contributed by atoms with E-state index in [0.29, 0.717) is 6.54 Å². The number of rotatable bonds is 4. The first-order chi connectivity index (χ1) is 10.2. The maximum atomic E-state index is 6.28. The minimum Gasteiger partial charge on any atom is -0.496 e. The molecule has 4 nitrogen and oxygen atoms in total. The van der Waals surface area contributed by atoms with Gasteiger partial charge >= 0.3 is 0 Å². The fourth-order valence-electron chi connectivity index (χ4n) is 3.72. The number of aryl methyl sites for hydroxylation is 1. The lowest BCUT2D eigenvalue weighted by Gasteiger charge is -2.35. The smallest absolute Gasteiger partial charge is 0.122 e. The normalized spacial score (nSPS) is 25.9. The molecule has 0 radical (unpaired) electrons. The van der Waals surface area contributed by atoms with Crippen LogP contribution in [0.2, 0.25) is 0 Å². The molecule has 2 N–H and O–H groups in total. The van der Waals surface area contributed by atoms with Crippen LogP contribution in [0, 0.1) is 6.92 Å². The number of hydrogen-bond donors (Lipinski definition) is 1. The summed E-state index contributed by atoms with van der Waals surface area (Å²) in [4.78, 5) is 2.51. The van der Waals surface area contributed by atoms with Crippen LogP contribution in [0.3, 0.4) is 0 Å². The van der Waals surface area contributed by atoms with Gasteiger partial charge in [0.25, 0.3) is 0 Å². The summed E-state index contributed by atoms with van der Waals surface area (Å²) in [5, 5.41) is 0.